The summed E-state index contributed by atoms with van der Waals surface area (Å²) in [4.78, 5) is 22.9. The summed E-state index contributed by atoms with van der Waals surface area (Å²) in [7, 11) is -3.72. The fourth-order valence-corrected chi connectivity index (χ4v) is 3.57. The van der Waals surface area contributed by atoms with Gasteiger partial charge in [0.15, 0.2) is 0 Å². The molecule has 0 radical (unpaired) electrons. The van der Waals surface area contributed by atoms with E-state index in [0.717, 1.165) is 0 Å². The second-order valence-corrected chi connectivity index (χ2v) is 8.02. The van der Waals surface area contributed by atoms with Gasteiger partial charge in [-0.25, -0.2) is 13.1 Å². The molecule has 0 saturated heterocycles. The molecule has 0 aromatic heterocycles. The number of hydrogen-bond donors (Lipinski definition) is 4. The Bertz CT molecular complexity index is 723. The molecule has 0 heterocycles. The van der Waals surface area contributed by atoms with Crippen LogP contribution >= 0.6 is 0 Å². The molecular weight excluding hydrogens is 332 g/mol. The molecule has 24 heavy (non-hydrogen) atoms. The van der Waals surface area contributed by atoms with Gasteiger partial charge in [-0.15, -0.1) is 0 Å². The predicted octanol–water partition coefficient (Wildman–Crippen LogP) is 0.0852. The standard InChI is InChI=1S/C15H24N4O4S/c1-10-5-6-11(18-14(21)9-17-13(20)8-16)7-12(10)24(22,23)19-15(2,3)4/h5-7,19H,8-9,16H2,1-4H3,(H,17,20)(H,18,21). The number of nitrogens with one attached hydrogen (secondary N) is 3. The summed E-state index contributed by atoms with van der Waals surface area (Å²) in [6, 6.07) is 4.57. The lowest BCUT2D eigenvalue weighted by atomic mass is 10.1. The Kier molecular flexibility index (Phi) is 6.47. The zero-order valence-electron chi connectivity index (χ0n) is 14.3. The smallest absolute Gasteiger partial charge is 0.243 e. The number of aryl methyl sites for hydroxylation is 1. The number of hydrogen-bond acceptors (Lipinski definition) is 5. The minimum atomic E-state index is -3.72. The molecule has 2 amide bonds. The maximum Gasteiger partial charge on any atom is 0.243 e. The number of benzene rings is 1. The highest BCUT2D eigenvalue weighted by Crippen LogP contribution is 2.21. The van der Waals surface area contributed by atoms with Crippen molar-refractivity contribution in [3.63, 3.8) is 0 Å². The Balaban J connectivity index is 2.94. The van der Waals surface area contributed by atoms with Crippen LogP contribution in [0.3, 0.4) is 0 Å². The van der Waals surface area contributed by atoms with Crippen molar-refractivity contribution in [1.29, 1.82) is 0 Å². The Labute approximate surface area is 142 Å². The van der Waals surface area contributed by atoms with Gasteiger partial charge in [0.1, 0.15) is 0 Å². The van der Waals surface area contributed by atoms with Gasteiger partial charge >= 0.3 is 0 Å². The van der Waals surface area contributed by atoms with E-state index in [1.807, 2.05) is 0 Å². The van der Waals surface area contributed by atoms with Crippen LogP contribution in [0.4, 0.5) is 5.69 Å². The average Bonchev–Trinajstić information content (AvgIpc) is 2.44. The van der Waals surface area contributed by atoms with Gasteiger partial charge in [0.05, 0.1) is 18.0 Å². The maximum atomic E-state index is 12.5. The first-order valence-corrected chi connectivity index (χ1v) is 8.84. The molecule has 0 unspecified atom stereocenters. The normalized spacial score (nSPS) is 11.9. The van der Waals surface area contributed by atoms with Crippen molar-refractivity contribution >= 4 is 27.5 Å². The summed E-state index contributed by atoms with van der Waals surface area (Å²) in [5, 5.41) is 4.87. The lowest BCUT2D eigenvalue weighted by Crippen LogP contribution is -2.40. The SMILES string of the molecule is Cc1ccc(NC(=O)CNC(=O)CN)cc1S(=O)(=O)NC(C)(C)C. The molecule has 0 spiro atoms. The summed E-state index contributed by atoms with van der Waals surface area (Å²) in [6.07, 6.45) is 0. The Hall–Kier alpha value is -1.97. The van der Waals surface area contributed by atoms with Gasteiger partial charge in [0, 0.05) is 11.2 Å². The van der Waals surface area contributed by atoms with Gasteiger partial charge < -0.3 is 16.4 Å². The first-order chi connectivity index (χ1) is 10.9. The third-order valence-electron chi connectivity index (χ3n) is 2.83. The van der Waals surface area contributed by atoms with E-state index < -0.39 is 27.4 Å². The Morgan fingerprint density at radius 2 is 1.79 bits per heavy atom. The summed E-state index contributed by atoms with van der Waals surface area (Å²) in [5.74, 6) is -0.931. The van der Waals surface area contributed by atoms with E-state index in [1.165, 1.54) is 6.07 Å². The second kappa shape index (κ2) is 7.73. The zero-order chi connectivity index (χ0) is 18.5. The van der Waals surface area contributed by atoms with Crippen molar-refractivity contribution < 1.29 is 18.0 Å². The molecule has 1 aromatic carbocycles. The van der Waals surface area contributed by atoms with Crippen molar-refractivity contribution in [2.45, 2.75) is 38.1 Å². The van der Waals surface area contributed by atoms with Crippen molar-refractivity contribution in [1.82, 2.24) is 10.0 Å². The van der Waals surface area contributed by atoms with Crippen LogP contribution < -0.4 is 21.1 Å². The minimum Gasteiger partial charge on any atom is -0.346 e. The largest absolute Gasteiger partial charge is 0.346 e. The van der Waals surface area contributed by atoms with Gasteiger partial charge in [0.25, 0.3) is 0 Å². The van der Waals surface area contributed by atoms with E-state index in [0.29, 0.717) is 11.3 Å². The Morgan fingerprint density at radius 1 is 1.17 bits per heavy atom. The molecule has 0 aliphatic rings. The predicted molar refractivity (Wildman–Crippen MR) is 91.9 cm³/mol. The van der Waals surface area contributed by atoms with Crippen LogP contribution in [0.25, 0.3) is 0 Å². The molecule has 1 rings (SSSR count). The van der Waals surface area contributed by atoms with Crippen LogP contribution in [-0.2, 0) is 19.6 Å². The van der Waals surface area contributed by atoms with Crippen LogP contribution in [0.1, 0.15) is 26.3 Å². The summed E-state index contributed by atoms with van der Waals surface area (Å²) in [6.45, 7) is 6.44. The first kappa shape index (κ1) is 20.1. The lowest BCUT2D eigenvalue weighted by molar-refractivity contribution is -0.123. The van der Waals surface area contributed by atoms with Gasteiger partial charge in [-0.2, -0.15) is 0 Å². The molecule has 0 saturated carbocycles. The highest BCUT2D eigenvalue weighted by atomic mass is 32.2. The second-order valence-electron chi connectivity index (χ2n) is 6.36. The topological polar surface area (TPSA) is 130 Å². The average molecular weight is 356 g/mol. The van der Waals surface area contributed by atoms with Crippen LogP contribution in [-0.4, -0.2) is 38.9 Å². The van der Waals surface area contributed by atoms with Crippen LogP contribution in [0.15, 0.2) is 23.1 Å². The third-order valence-corrected chi connectivity index (χ3v) is 4.73. The van der Waals surface area contributed by atoms with Crippen molar-refractivity contribution in [3.05, 3.63) is 23.8 Å². The zero-order valence-corrected chi connectivity index (χ0v) is 15.1. The van der Waals surface area contributed by atoms with Crippen molar-refractivity contribution in [3.8, 4) is 0 Å². The monoisotopic (exact) mass is 356 g/mol. The summed E-state index contributed by atoms with van der Waals surface area (Å²) in [5.41, 5.74) is 5.38. The molecule has 0 aliphatic heterocycles. The highest BCUT2D eigenvalue weighted by Gasteiger charge is 2.24. The molecule has 1 aromatic rings. The number of rotatable bonds is 6. The fourth-order valence-electron chi connectivity index (χ4n) is 1.88. The number of anilines is 1. The van der Waals surface area contributed by atoms with E-state index >= 15 is 0 Å². The molecule has 8 nitrogen and oxygen atoms in total. The summed E-state index contributed by atoms with van der Waals surface area (Å²) < 4.78 is 27.5. The van der Waals surface area contributed by atoms with Crippen molar-refractivity contribution in [2.75, 3.05) is 18.4 Å². The van der Waals surface area contributed by atoms with Crippen LogP contribution in [0.5, 0.6) is 0 Å². The van der Waals surface area contributed by atoms with Crippen molar-refractivity contribution in [2.24, 2.45) is 5.73 Å². The quantitative estimate of drug-likeness (QED) is 0.574. The molecule has 5 N–H and O–H groups in total. The van der Waals surface area contributed by atoms with E-state index in [1.54, 1.807) is 39.8 Å². The van der Waals surface area contributed by atoms with E-state index in [2.05, 4.69) is 15.4 Å². The maximum absolute atomic E-state index is 12.5. The van der Waals surface area contributed by atoms with E-state index in [4.69, 9.17) is 5.73 Å². The van der Waals surface area contributed by atoms with Crippen LogP contribution in [0.2, 0.25) is 0 Å². The van der Waals surface area contributed by atoms with E-state index in [-0.39, 0.29) is 18.0 Å². The number of amides is 2. The molecule has 0 fully saturated rings. The van der Waals surface area contributed by atoms with Gasteiger partial charge in [-0.1, -0.05) is 6.07 Å². The van der Waals surface area contributed by atoms with Gasteiger partial charge in [-0.05, 0) is 45.4 Å². The third kappa shape index (κ3) is 6.26. The number of carbonyl (C=O) groups excluding carboxylic acids is 2. The fraction of sp³-hybridized carbons (Fsp3) is 0.467. The molecule has 0 bridgehead atoms. The van der Waals surface area contributed by atoms with Gasteiger partial charge in [0.2, 0.25) is 21.8 Å². The minimum absolute atomic E-state index is 0.0845. The molecule has 0 aliphatic carbocycles. The van der Waals surface area contributed by atoms with Crippen LogP contribution in [0, 0.1) is 6.92 Å². The Morgan fingerprint density at radius 3 is 2.33 bits per heavy atom. The number of nitrogens with two attached hydrogens (primary N) is 1. The molecule has 134 valence electrons. The number of carbonyl (C=O) groups is 2. The lowest BCUT2D eigenvalue weighted by Gasteiger charge is -2.21. The van der Waals surface area contributed by atoms with E-state index in [9.17, 15) is 18.0 Å². The number of sulfonamides is 1. The molecule has 9 heteroatoms. The first-order valence-electron chi connectivity index (χ1n) is 7.36. The highest BCUT2D eigenvalue weighted by molar-refractivity contribution is 7.89. The summed E-state index contributed by atoms with van der Waals surface area (Å²) >= 11 is 0. The molecular formula is C15H24N4O4S. The molecule has 0 atom stereocenters. The van der Waals surface area contributed by atoms with Gasteiger partial charge in [-0.3, -0.25) is 9.59 Å².